The Balaban J connectivity index is 1.85. The van der Waals surface area contributed by atoms with Crippen molar-refractivity contribution in [1.29, 1.82) is 0 Å². The van der Waals surface area contributed by atoms with Crippen molar-refractivity contribution in [2.24, 2.45) is 5.41 Å². The van der Waals surface area contributed by atoms with E-state index in [2.05, 4.69) is 5.32 Å². The zero-order valence-electron chi connectivity index (χ0n) is 11.5. The number of nitrogens with one attached hydrogen (secondary N) is 1. The molecule has 0 radical (unpaired) electrons. The third kappa shape index (κ3) is 2.42. The van der Waals surface area contributed by atoms with Gasteiger partial charge < -0.3 is 10.2 Å². The van der Waals surface area contributed by atoms with Crippen molar-refractivity contribution in [3.05, 3.63) is 24.0 Å². The van der Waals surface area contributed by atoms with E-state index in [1.807, 2.05) is 4.90 Å². The smallest absolute Gasteiger partial charge is 0.175 e. The summed E-state index contributed by atoms with van der Waals surface area (Å²) in [6.45, 7) is 3.70. The second-order valence-electron chi connectivity index (χ2n) is 5.98. The maximum atomic E-state index is 14.2. The van der Waals surface area contributed by atoms with Crippen LogP contribution in [0.3, 0.4) is 0 Å². The van der Waals surface area contributed by atoms with E-state index in [1.165, 1.54) is 6.07 Å². The first-order valence-electron chi connectivity index (χ1n) is 6.85. The van der Waals surface area contributed by atoms with Crippen LogP contribution in [0.5, 0.6) is 0 Å². The predicted molar refractivity (Wildman–Crippen MR) is 76.3 cm³/mol. The average molecular weight is 298 g/mol. The summed E-state index contributed by atoms with van der Waals surface area (Å²) in [5.74, 6) is -0.448. The molecule has 110 valence electrons. The molecule has 2 heterocycles. The molecule has 2 fully saturated rings. The number of hydrogen-bond acceptors (Lipinski definition) is 4. The van der Waals surface area contributed by atoms with Crippen LogP contribution in [0.25, 0.3) is 0 Å². The summed E-state index contributed by atoms with van der Waals surface area (Å²) < 4.78 is 37.1. The summed E-state index contributed by atoms with van der Waals surface area (Å²) in [5.41, 5.74) is 0.781. The molecule has 2 saturated heterocycles. The predicted octanol–water partition coefficient (Wildman–Crippen LogP) is 1.42. The largest absolute Gasteiger partial charge is 0.369 e. The van der Waals surface area contributed by atoms with E-state index >= 15 is 0 Å². The van der Waals surface area contributed by atoms with E-state index in [-0.39, 0.29) is 10.3 Å². The molecule has 20 heavy (non-hydrogen) atoms. The molecule has 0 amide bonds. The number of benzene rings is 1. The van der Waals surface area contributed by atoms with Crippen molar-refractivity contribution < 1.29 is 12.8 Å². The average Bonchev–Trinajstić information content (AvgIpc) is 2.99. The highest BCUT2D eigenvalue weighted by Crippen LogP contribution is 2.39. The Bertz CT molecular complexity index is 624. The highest BCUT2D eigenvalue weighted by Gasteiger charge is 2.40. The minimum absolute atomic E-state index is 0.0372. The van der Waals surface area contributed by atoms with Crippen molar-refractivity contribution in [2.75, 3.05) is 37.3 Å². The molecule has 1 atom stereocenters. The second-order valence-corrected chi connectivity index (χ2v) is 8.00. The summed E-state index contributed by atoms with van der Waals surface area (Å²) in [4.78, 5) is 2.07. The van der Waals surface area contributed by atoms with Crippen LogP contribution in [0.4, 0.5) is 10.1 Å². The molecular weight excluding hydrogens is 279 g/mol. The van der Waals surface area contributed by atoms with Crippen LogP contribution in [0, 0.1) is 11.2 Å². The number of hydrogen-bond donors (Lipinski definition) is 1. The highest BCUT2D eigenvalue weighted by molar-refractivity contribution is 7.90. The molecule has 4 nitrogen and oxygen atoms in total. The molecule has 0 bridgehead atoms. The van der Waals surface area contributed by atoms with Gasteiger partial charge in [0.05, 0.1) is 10.6 Å². The van der Waals surface area contributed by atoms with Crippen LogP contribution in [-0.4, -0.2) is 40.9 Å². The molecule has 1 N–H and O–H groups in total. The van der Waals surface area contributed by atoms with Gasteiger partial charge in [0.2, 0.25) is 0 Å². The van der Waals surface area contributed by atoms with E-state index in [1.54, 1.807) is 6.07 Å². The summed E-state index contributed by atoms with van der Waals surface area (Å²) in [5, 5.41) is 3.37. The van der Waals surface area contributed by atoms with Crippen LogP contribution in [0.15, 0.2) is 23.1 Å². The Morgan fingerprint density at radius 3 is 2.75 bits per heavy atom. The van der Waals surface area contributed by atoms with E-state index in [0.717, 1.165) is 51.3 Å². The Hall–Kier alpha value is -1.14. The van der Waals surface area contributed by atoms with Gasteiger partial charge in [-0.15, -0.1) is 0 Å². The zero-order chi connectivity index (χ0) is 14.4. The molecule has 1 aromatic carbocycles. The third-order valence-corrected chi connectivity index (χ3v) is 5.57. The molecule has 2 aliphatic heterocycles. The number of anilines is 1. The lowest BCUT2D eigenvalue weighted by molar-refractivity contribution is 0.369. The van der Waals surface area contributed by atoms with E-state index in [4.69, 9.17) is 0 Å². The fourth-order valence-corrected chi connectivity index (χ4v) is 3.89. The van der Waals surface area contributed by atoms with Crippen molar-refractivity contribution >= 4 is 15.5 Å². The van der Waals surface area contributed by atoms with Crippen LogP contribution >= 0.6 is 0 Å². The number of rotatable bonds is 2. The standard InChI is InChI=1S/C14H19FN2O2S/c1-20(18,19)11-2-3-13(12(15)8-11)17-7-5-14(10-17)4-6-16-9-14/h2-3,8,16H,4-7,9-10H2,1H3. The maximum absolute atomic E-state index is 14.2. The molecule has 0 aromatic heterocycles. The lowest BCUT2D eigenvalue weighted by atomic mass is 9.86. The van der Waals surface area contributed by atoms with E-state index in [9.17, 15) is 12.8 Å². The van der Waals surface area contributed by atoms with Gasteiger partial charge in [0.1, 0.15) is 5.82 Å². The molecular formula is C14H19FN2O2S. The summed E-state index contributed by atoms with van der Waals surface area (Å²) in [6.07, 6.45) is 3.29. The Morgan fingerprint density at radius 1 is 1.35 bits per heavy atom. The quantitative estimate of drug-likeness (QED) is 0.897. The van der Waals surface area contributed by atoms with Gasteiger partial charge in [0.25, 0.3) is 0 Å². The third-order valence-electron chi connectivity index (χ3n) is 4.46. The summed E-state index contributed by atoms with van der Waals surface area (Å²) in [6, 6.07) is 4.21. The summed E-state index contributed by atoms with van der Waals surface area (Å²) >= 11 is 0. The highest BCUT2D eigenvalue weighted by atomic mass is 32.2. The molecule has 0 saturated carbocycles. The van der Waals surface area contributed by atoms with Crippen molar-refractivity contribution in [3.63, 3.8) is 0 Å². The molecule has 2 aliphatic rings. The Morgan fingerprint density at radius 2 is 2.15 bits per heavy atom. The topological polar surface area (TPSA) is 49.4 Å². The maximum Gasteiger partial charge on any atom is 0.175 e. The second kappa shape index (κ2) is 4.70. The van der Waals surface area contributed by atoms with Gasteiger partial charge in [-0.3, -0.25) is 0 Å². The molecule has 1 unspecified atom stereocenters. The van der Waals surface area contributed by atoms with Crippen LogP contribution < -0.4 is 10.2 Å². The van der Waals surface area contributed by atoms with Crippen LogP contribution in [0.1, 0.15) is 12.8 Å². The molecule has 1 spiro atoms. The van der Waals surface area contributed by atoms with Crippen molar-refractivity contribution in [2.45, 2.75) is 17.7 Å². The number of nitrogens with zero attached hydrogens (tertiary/aromatic N) is 1. The molecule has 6 heteroatoms. The lowest BCUT2D eigenvalue weighted by Crippen LogP contribution is -2.29. The van der Waals surface area contributed by atoms with E-state index in [0.29, 0.717) is 5.69 Å². The molecule has 0 aliphatic carbocycles. The fourth-order valence-electron chi connectivity index (χ4n) is 3.26. The first-order valence-corrected chi connectivity index (χ1v) is 8.74. The first-order chi connectivity index (χ1) is 9.40. The van der Waals surface area contributed by atoms with Gasteiger partial charge in [-0.2, -0.15) is 0 Å². The van der Waals surface area contributed by atoms with Crippen LogP contribution in [-0.2, 0) is 9.84 Å². The van der Waals surface area contributed by atoms with Crippen molar-refractivity contribution in [1.82, 2.24) is 5.32 Å². The van der Waals surface area contributed by atoms with Gasteiger partial charge in [-0.1, -0.05) is 0 Å². The zero-order valence-corrected chi connectivity index (χ0v) is 12.3. The van der Waals surface area contributed by atoms with Gasteiger partial charge >= 0.3 is 0 Å². The fraction of sp³-hybridized carbons (Fsp3) is 0.571. The minimum Gasteiger partial charge on any atom is -0.369 e. The van der Waals surface area contributed by atoms with Crippen LogP contribution in [0.2, 0.25) is 0 Å². The minimum atomic E-state index is -3.36. The van der Waals surface area contributed by atoms with Gasteiger partial charge in [-0.25, -0.2) is 12.8 Å². The number of halogens is 1. The lowest BCUT2D eigenvalue weighted by Gasteiger charge is -2.24. The summed E-state index contributed by atoms with van der Waals surface area (Å²) in [7, 11) is -3.36. The molecule has 3 rings (SSSR count). The Kier molecular flexibility index (Phi) is 3.25. The molecule has 1 aromatic rings. The first kappa shape index (κ1) is 13.8. The number of sulfone groups is 1. The Labute approximate surface area is 118 Å². The van der Waals surface area contributed by atoms with Gasteiger partial charge in [0, 0.05) is 31.3 Å². The normalized spacial score (nSPS) is 26.6. The van der Waals surface area contributed by atoms with Gasteiger partial charge in [-0.05, 0) is 37.6 Å². The van der Waals surface area contributed by atoms with E-state index < -0.39 is 15.7 Å². The van der Waals surface area contributed by atoms with Crippen molar-refractivity contribution in [3.8, 4) is 0 Å². The SMILES string of the molecule is CS(=O)(=O)c1ccc(N2CCC3(CCNC3)C2)c(F)c1. The van der Waals surface area contributed by atoms with Gasteiger partial charge in [0.15, 0.2) is 9.84 Å². The monoisotopic (exact) mass is 298 g/mol.